The first-order valence-corrected chi connectivity index (χ1v) is 3.62. The SMILES string of the molecule is CC1C=N/C=C\CC(C#N)=C1. The van der Waals surface area contributed by atoms with Crippen LogP contribution in [0.25, 0.3) is 0 Å². The van der Waals surface area contributed by atoms with E-state index in [0.29, 0.717) is 6.42 Å². The van der Waals surface area contributed by atoms with Crippen molar-refractivity contribution < 1.29 is 0 Å². The molecule has 0 aromatic carbocycles. The molecular weight excluding hydrogens is 136 g/mol. The van der Waals surface area contributed by atoms with Crippen LogP contribution in [-0.4, -0.2) is 6.21 Å². The Balaban J connectivity index is 2.82. The fraction of sp³-hybridized carbons (Fsp3) is 0.333. The van der Waals surface area contributed by atoms with Crippen molar-refractivity contribution in [3.8, 4) is 6.07 Å². The molecule has 0 saturated carbocycles. The third kappa shape index (κ3) is 2.38. The Morgan fingerprint density at radius 2 is 2.55 bits per heavy atom. The summed E-state index contributed by atoms with van der Waals surface area (Å²) < 4.78 is 0. The zero-order valence-corrected chi connectivity index (χ0v) is 6.49. The molecule has 0 radical (unpaired) electrons. The summed E-state index contributed by atoms with van der Waals surface area (Å²) in [6, 6.07) is 2.15. The average Bonchev–Trinajstić information content (AvgIpc) is 1.96. The van der Waals surface area contributed by atoms with E-state index in [4.69, 9.17) is 5.26 Å². The highest BCUT2D eigenvalue weighted by molar-refractivity contribution is 5.64. The van der Waals surface area contributed by atoms with Crippen LogP contribution < -0.4 is 0 Å². The van der Waals surface area contributed by atoms with Crippen molar-refractivity contribution in [2.75, 3.05) is 0 Å². The molecule has 0 aromatic rings. The van der Waals surface area contributed by atoms with Crippen molar-refractivity contribution in [3.05, 3.63) is 23.9 Å². The molecule has 1 aliphatic heterocycles. The minimum absolute atomic E-state index is 0.273. The van der Waals surface area contributed by atoms with Gasteiger partial charge in [0, 0.05) is 30.3 Å². The minimum atomic E-state index is 0.273. The Kier molecular flexibility index (Phi) is 2.62. The Bertz CT molecular complexity index is 253. The smallest absolute Gasteiger partial charge is 0.0947 e. The molecular formula is C9H10N2. The first kappa shape index (κ1) is 7.74. The predicted octanol–water partition coefficient (Wildman–Crippen LogP) is 2.06. The van der Waals surface area contributed by atoms with Crippen LogP contribution in [-0.2, 0) is 0 Å². The van der Waals surface area contributed by atoms with Crippen LogP contribution >= 0.6 is 0 Å². The number of nitriles is 1. The van der Waals surface area contributed by atoms with Crippen molar-refractivity contribution in [2.24, 2.45) is 10.9 Å². The minimum Gasteiger partial charge on any atom is -0.269 e. The lowest BCUT2D eigenvalue weighted by Crippen LogP contribution is -1.93. The number of rotatable bonds is 0. The third-order valence-electron chi connectivity index (χ3n) is 1.46. The van der Waals surface area contributed by atoms with Gasteiger partial charge in [-0.05, 0) is 0 Å². The van der Waals surface area contributed by atoms with Crippen LogP contribution in [0.5, 0.6) is 0 Å². The van der Waals surface area contributed by atoms with E-state index in [0.717, 1.165) is 5.57 Å². The van der Waals surface area contributed by atoms with Gasteiger partial charge in [-0.1, -0.05) is 19.1 Å². The highest BCUT2D eigenvalue weighted by Gasteiger charge is 1.98. The van der Waals surface area contributed by atoms with Gasteiger partial charge in [0.1, 0.15) is 0 Å². The monoisotopic (exact) mass is 146 g/mol. The van der Waals surface area contributed by atoms with Crippen LogP contribution in [0.2, 0.25) is 0 Å². The van der Waals surface area contributed by atoms with Gasteiger partial charge in [-0.2, -0.15) is 5.26 Å². The number of hydrogen-bond donors (Lipinski definition) is 0. The van der Waals surface area contributed by atoms with E-state index in [2.05, 4.69) is 11.1 Å². The van der Waals surface area contributed by atoms with Gasteiger partial charge in [-0.15, -0.1) is 0 Å². The van der Waals surface area contributed by atoms with Gasteiger partial charge in [0.15, 0.2) is 0 Å². The second-order valence-corrected chi connectivity index (χ2v) is 2.55. The van der Waals surface area contributed by atoms with Gasteiger partial charge in [0.25, 0.3) is 0 Å². The molecule has 1 heterocycles. The van der Waals surface area contributed by atoms with Crippen molar-refractivity contribution in [1.82, 2.24) is 0 Å². The van der Waals surface area contributed by atoms with E-state index in [1.807, 2.05) is 25.3 Å². The molecule has 0 bridgehead atoms. The van der Waals surface area contributed by atoms with Crippen LogP contribution in [0, 0.1) is 17.2 Å². The number of nitrogens with zero attached hydrogens (tertiary/aromatic N) is 2. The average molecular weight is 146 g/mol. The summed E-state index contributed by atoms with van der Waals surface area (Å²) in [5.74, 6) is 0.273. The van der Waals surface area contributed by atoms with Gasteiger partial charge < -0.3 is 0 Å². The molecule has 2 nitrogen and oxygen atoms in total. The largest absolute Gasteiger partial charge is 0.269 e. The molecule has 0 N–H and O–H groups in total. The first-order valence-electron chi connectivity index (χ1n) is 3.62. The molecule has 1 aliphatic rings. The summed E-state index contributed by atoms with van der Waals surface area (Å²) in [4.78, 5) is 4.02. The lowest BCUT2D eigenvalue weighted by Gasteiger charge is -2.00. The molecule has 56 valence electrons. The molecule has 2 heteroatoms. The van der Waals surface area contributed by atoms with E-state index in [1.54, 1.807) is 6.20 Å². The highest BCUT2D eigenvalue weighted by Crippen LogP contribution is 2.08. The summed E-state index contributed by atoms with van der Waals surface area (Å²) in [5.41, 5.74) is 0.819. The molecule has 0 saturated heterocycles. The van der Waals surface area contributed by atoms with E-state index in [1.165, 1.54) is 0 Å². The fourth-order valence-corrected chi connectivity index (χ4v) is 0.937. The van der Waals surface area contributed by atoms with Gasteiger partial charge in [-0.3, -0.25) is 4.99 Å². The van der Waals surface area contributed by atoms with Crippen molar-refractivity contribution in [2.45, 2.75) is 13.3 Å². The van der Waals surface area contributed by atoms with Gasteiger partial charge in [0.2, 0.25) is 0 Å². The third-order valence-corrected chi connectivity index (χ3v) is 1.46. The summed E-state index contributed by atoms with van der Waals surface area (Å²) in [7, 11) is 0. The van der Waals surface area contributed by atoms with Crippen LogP contribution in [0.1, 0.15) is 13.3 Å². The Labute approximate surface area is 66.6 Å². The van der Waals surface area contributed by atoms with E-state index >= 15 is 0 Å². The molecule has 1 rings (SSSR count). The molecule has 1 unspecified atom stereocenters. The highest BCUT2D eigenvalue weighted by atomic mass is 14.7. The number of hydrogen-bond acceptors (Lipinski definition) is 2. The fourth-order valence-electron chi connectivity index (χ4n) is 0.937. The van der Waals surface area contributed by atoms with Gasteiger partial charge in [0.05, 0.1) is 6.07 Å². The Morgan fingerprint density at radius 1 is 1.73 bits per heavy atom. The van der Waals surface area contributed by atoms with E-state index < -0.39 is 0 Å². The van der Waals surface area contributed by atoms with Crippen LogP contribution in [0.3, 0.4) is 0 Å². The molecule has 0 amide bonds. The van der Waals surface area contributed by atoms with E-state index in [9.17, 15) is 0 Å². The topological polar surface area (TPSA) is 36.1 Å². The summed E-state index contributed by atoms with van der Waals surface area (Å²) in [6.45, 7) is 2.01. The molecule has 1 atom stereocenters. The first-order chi connectivity index (χ1) is 5.33. The Hall–Kier alpha value is -1.36. The quantitative estimate of drug-likeness (QED) is 0.515. The second-order valence-electron chi connectivity index (χ2n) is 2.55. The maximum absolute atomic E-state index is 8.63. The standard InChI is InChI=1S/C9H10N2/c1-8-5-9(6-10)3-2-4-11-7-8/h2,4-5,7-8H,3H2,1H3/b4-2-,9-5?,11-7?. The molecule has 0 fully saturated rings. The number of allylic oxidation sites excluding steroid dienone is 3. The number of aliphatic imine (C=N–C) groups is 1. The molecule has 0 aromatic heterocycles. The second kappa shape index (κ2) is 3.72. The van der Waals surface area contributed by atoms with Crippen molar-refractivity contribution in [3.63, 3.8) is 0 Å². The Morgan fingerprint density at radius 3 is 3.27 bits per heavy atom. The zero-order chi connectivity index (χ0) is 8.10. The summed E-state index contributed by atoms with van der Waals surface area (Å²) >= 11 is 0. The lowest BCUT2D eigenvalue weighted by molar-refractivity contribution is 0.994. The van der Waals surface area contributed by atoms with Crippen molar-refractivity contribution in [1.29, 1.82) is 5.26 Å². The maximum Gasteiger partial charge on any atom is 0.0947 e. The molecule has 0 spiro atoms. The van der Waals surface area contributed by atoms with Gasteiger partial charge >= 0.3 is 0 Å². The van der Waals surface area contributed by atoms with Gasteiger partial charge in [-0.25, -0.2) is 0 Å². The van der Waals surface area contributed by atoms with Crippen LogP contribution in [0.15, 0.2) is 28.9 Å². The van der Waals surface area contributed by atoms with Crippen molar-refractivity contribution >= 4 is 6.21 Å². The lowest BCUT2D eigenvalue weighted by atomic mass is 10.1. The van der Waals surface area contributed by atoms with E-state index in [-0.39, 0.29) is 5.92 Å². The normalized spacial score (nSPS) is 26.2. The summed E-state index contributed by atoms with van der Waals surface area (Å²) in [6.07, 6.45) is 8.09. The summed E-state index contributed by atoms with van der Waals surface area (Å²) in [5, 5.41) is 8.63. The molecule has 0 aliphatic carbocycles. The zero-order valence-electron chi connectivity index (χ0n) is 6.49. The maximum atomic E-state index is 8.63. The molecule has 11 heavy (non-hydrogen) atoms. The predicted molar refractivity (Wildman–Crippen MR) is 45.1 cm³/mol. The van der Waals surface area contributed by atoms with Crippen LogP contribution in [0.4, 0.5) is 0 Å².